The second-order valence-corrected chi connectivity index (χ2v) is 8.76. The molecule has 2 aromatic rings. The van der Waals surface area contributed by atoms with E-state index in [2.05, 4.69) is 4.36 Å². The van der Waals surface area contributed by atoms with Gasteiger partial charge in [0, 0.05) is 18.4 Å². The van der Waals surface area contributed by atoms with Gasteiger partial charge in [-0.25, -0.2) is 8.57 Å². The Labute approximate surface area is 151 Å². The van der Waals surface area contributed by atoms with E-state index in [1.807, 2.05) is 81.4 Å². The normalized spacial score (nSPS) is 17.0. The predicted octanol–water partition coefficient (Wildman–Crippen LogP) is 4.85. The van der Waals surface area contributed by atoms with Crippen molar-refractivity contribution in [2.75, 3.05) is 7.05 Å². The van der Waals surface area contributed by atoms with Crippen LogP contribution in [0.25, 0.3) is 0 Å². The number of benzene rings is 2. The molecule has 0 spiro atoms. The van der Waals surface area contributed by atoms with Gasteiger partial charge in [0.2, 0.25) is 0 Å². The van der Waals surface area contributed by atoms with Gasteiger partial charge >= 0.3 is 0 Å². The third kappa shape index (κ3) is 4.59. The molecule has 25 heavy (non-hydrogen) atoms. The Morgan fingerprint density at radius 1 is 1.04 bits per heavy atom. The van der Waals surface area contributed by atoms with E-state index in [4.69, 9.17) is 0 Å². The minimum absolute atomic E-state index is 0.0832. The molecule has 1 N–H and O–H groups in total. The minimum atomic E-state index is -2.67. The molecule has 2 aromatic carbocycles. The number of aliphatic hydroxyl groups is 1. The van der Waals surface area contributed by atoms with Crippen molar-refractivity contribution in [1.29, 1.82) is 0 Å². The summed E-state index contributed by atoms with van der Waals surface area (Å²) < 4.78 is 17.5. The highest BCUT2D eigenvalue weighted by Gasteiger charge is 2.26. The average Bonchev–Trinajstić information content (AvgIpc) is 2.63. The Morgan fingerprint density at radius 3 is 2.04 bits per heavy atom. The van der Waals surface area contributed by atoms with Gasteiger partial charge in [-0.05, 0) is 30.5 Å². The first-order valence-corrected chi connectivity index (χ1v) is 10.1. The van der Waals surface area contributed by atoms with Gasteiger partial charge in [-0.2, -0.15) is 0 Å². The van der Waals surface area contributed by atoms with Crippen LogP contribution < -0.4 is 0 Å². The van der Waals surface area contributed by atoms with E-state index in [0.29, 0.717) is 4.90 Å². The molecule has 0 aliphatic rings. The highest BCUT2D eigenvalue weighted by molar-refractivity contribution is 7.96. The molecule has 2 rings (SSSR count). The van der Waals surface area contributed by atoms with Crippen LogP contribution in [0.4, 0.5) is 0 Å². The highest BCUT2D eigenvalue weighted by Crippen LogP contribution is 2.33. The summed E-state index contributed by atoms with van der Waals surface area (Å²) in [6.45, 7) is 5.91. The molecule has 0 radical (unpaired) electrons. The molecule has 3 nitrogen and oxygen atoms in total. The van der Waals surface area contributed by atoms with E-state index in [0.717, 1.165) is 11.1 Å². The van der Waals surface area contributed by atoms with Crippen LogP contribution in [0.2, 0.25) is 0 Å². The van der Waals surface area contributed by atoms with Gasteiger partial charge in [0.25, 0.3) is 0 Å². The fraction of sp³-hybridized carbons (Fsp3) is 0.333. The Bertz CT molecular complexity index is 819. The van der Waals surface area contributed by atoms with Gasteiger partial charge in [0.1, 0.15) is 0 Å². The Kier molecular flexibility index (Phi) is 6.57. The van der Waals surface area contributed by atoms with Gasteiger partial charge in [0.05, 0.1) is 20.7 Å². The minimum Gasteiger partial charge on any atom is -0.392 e. The fourth-order valence-electron chi connectivity index (χ4n) is 2.94. The molecular formula is C21H27NO2S. The molecule has 3 atom stereocenters. The zero-order chi connectivity index (χ0) is 18.4. The molecule has 0 saturated carbocycles. The van der Waals surface area contributed by atoms with E-state index < -0.39 is 15.8 Å². The standard InChI is InChI=1S/C21H27NO2S/c1-16(2)21(23)20(18-11-7-5-8-12-18)17(3)15-25(24,22-4)19-13-9-6-10-14-19/h5-16,20-21,23H,1-4H3/b17-15+/t20-,21-,25?/m0/s1. The van der Waals surface area contributed by atoms with Crippen LogP contribution in [0.3, 0.4) is 0 Å². The van der Waals surface area contributed by atoms with Crippen LogP contribution in [0.1, 0.15) is 32.3 Å². The number of aliphatic hydroxyl groups excluding tert-OH is 1. The van der Waals surface area contributed by atoms with Gasteiger partial charge in [-0.1, -0.05) is 68.0 Å². The molecule has 0 aliphatic heterocycles. The SMILES string of the molecule is CN=S(=O)(/C=C(\C)[C@@H](c1ccccc1)[C@@H](O)C(C)C)c1ccccc1. The Balaban J connectivity index is 2.54. The topological polar surface area (TPSA) is 49.7 Å². The molecule has 0 fully saturated rings. The maximum absolute atomic E-state index is 13.4. The van der Waals surface area contributed by atoms with Crippen molar-refractivity contribution in [3.8, 4) is 0 Å². The van der Waals surface area contributed by atoms with Crippen LogP contribution in [0.5, 0.6) is 0 Å². The van der Waals surface area contributed by atoms with Crippen molar-refractivity contribution in [1.82, 2.24) is 0 Å². The molecule has 0 aliphatic carbocycles. The lowest BCUT2D eigenvalue weighted by molar-refractivity contribution is 0.107. The second kappa shape index (κ2) is 8.45. The molecule has 0 bridgehead atoms. The van der Waals surface area contributed by atoms with E-state index in [-0.39, 0.29) is 11.8 Å². The van der Waals surface area contributed by atoms with E-state index in [1.54, 1.807) is 12.5 Å². The highest BCUT2D eigenvalue weighted by atomic mass is 32.2. The molecule has 1 unspecified atom stereocenters. The second-order valence-electron chi connectivity index (χ2n) is 6.55. The molecule has 134 valence electrons. The van der Waals surface area contributed by atoms with Crippen LogP contribution in [-0.2, 0) is 9.73 Å². The smallest absolute Gasteiger partial charge is 0.0966 e. The first-order chi connectivity index (χ1) is 11.9. The number of hydrogen-bond acceptors (Lipinski definition) is 3. The van der Waals surface area contributed by atoms with Crippen molar-refractivity contribution in [3.05, 3.63) is 77.2 Å². The molecular weight excluding hydrogens is 330 g/mol. The summed E-state index contributed by atoms with van der Waals surface area (Å²) in [5.41, 5.74) is 1.88. The van der Waals surface area contributed by atoms with Gasteiger partial charge in [0.15, 0.2) is 0 Å². The lowest BCUT2D eigenvalue weighted by Gasteiger charge is -2.27. The fourth-order valence-corrected chi connectivity index (χ4v) is 4.59. The largest absolute Gasteiger partial charge is 0.392 e. The van der Waals surface area contributed by atoms with Crippen molar-refractivity contribution >= 4 is 9.73 Å². The average molecular weight is 358 g/mol. The number of nitrogens with zero attached hydrogens (tertiary/aromatic N) is 1. The first kappa shape index (κ1) is 19.4. The first-order valence-electron chi connectivity index (χ1n) is 8.50. The maximum atomic E-state index is 13.4. The lowest BCUT2D eigenvalue weighted by atomic mass is 9.83. The van der Waals surface area contributed by atoms with Crippen molar-refractivity contribution < 1.29 is 9.32 Å². The summed E-state index contributed by atoms with van der Waals surface area (Å²) in [7, 11) is -1.09. The summed E-state index contributed by atoms with van der Waals surface area (Å²) in [5.74, 6) is -0.132. The number of hydrogen-bond donors (Lipinski definition) is 1. The number of rotatable bonds is 6. The summed E-state index contributed by atoms with van der Waals surface area (Å²) in [5, 5.41) is 12.5. The third-order valence-electron chi connectivity index (χ3n) is 4.37. The molecule has 0 saturated heterocycles. The summed E-state index contributed by atoms with van der Waals surface area (Å²) in [6.07, 6.45) is -0.560. The zero-order valence-electron chi connectivity index (χ0n) is 15.3. The van der Waals surface area contributed by atoms with E-state index in [1.165, 1.54) is 0 Å². The van der Waals surface area contributed by atoms with Crippen LogP contribution in [0.15, 0.2) is 80.9 Å². The van der Waals surface area contributed by atoms with Crippen LogP contribution >= 0.6 is 0 Å². The Hall–Kier alpha value is -1.91. The summed E-state index contributed by atoms with van der Waals surface area (Å²) in [6, 6.07) is 19.2. The monoisotopic (exact) mass is 357 g/mol. The van der Waals surface area contributed by atoms with E-state index in [9.17, 15) is 9.32 Å². The zero-order valence-corrected chi connectivity index (χ0v) is 16.1. The van der Waals surface area contributed by atoms with Crippen molar-refractivity contribution in [2.24, 2.45) is 10.3 Å². The van der Waals surface area contributed by atoms with Crippen LogP contribution in [0, 0.1) is 5.92 Å². The lowest BCUT2D eigenvalue weighted by Crippen LogP contribution is -2.25. The molecule has 4 heteroatoms. The third-order valence-corrected chi connectivity index (χ3v) is 6.55. The van der Waals surface area contributed by atoms with Crippen molar-refractivity contribution in [2.45, 2.75) is 37.7 Å². The van der Waals surface area contributed by atoms with Gasteiger partial charge < -0.3 is 5.11 Å². The predicted molar refractivity (Wildman–Crippen MR) is 105 cm³/mol. The summed E-state index contributed by atoms with van der Waals surface area (Å²) in [4.78, 5) is 0.683. The quantitative estimate of drug-likeness (QED) is 0.803. The summed E-state index contributed by atoms with van der Waals surface area (Å²) >= 11 is 0. The van der Waals surface area contributed by atoms with Gasteiger partial charge in [-0.3, -0.25) is 0 Å². The maximum Gasteiger partial charge on any atom is 0.0966 e. The van der Waals surface area contributed by atoms with E-state index >= 15 is 0 Å². The Morgan fingerprint density at radius 2 is 1.56 bits per heavy atom. The van der Waals surface area contributed by atoms with Crippen LogP contribution in [-0.4, -0.2) is 22.5 Å². The molecule has 0 amide bonds. The molecule has 0 heterocycles. The molecule has 0 aromatic heterocycles. The van der Waals surface area contributed by atoms with Gasteiger partial charge in [-0.15, -0.1) is 0 Å². The van der Waals surface area contributed by atoms with Crippen molar-refractivity contribution in [3.63, 3.8) is 0 Å².